The van der Waals surface area contributed by atoms with Crippen LogP contribution in [-0.2, 0) is 0 Å². The van der Waals surface area contributed by atoms with Gasteiger partial charge in [0.1, 0.15) is 5.82 Å². The van der Waals surface area contributed by atoms with Crippen molar-refractivity contribution in [3.63, 3.8) is 0 Å². The third-order valence-electron chi connectivity index (χ3n) is 3.50. The second-order valence-electron chi connectivity index (χ2n) is 4.98. The highest BCUT2D eigenvalue weighted by Crippen LogP contribution is 2.34. The predicted octanol–water partition coefficient (Wildman–Crippen LogP) is 4.70. The molecule has 0 radical (unpaired) electrons. The Morgan fingerprint density at radius 3 is 2.64 bits per heavy atom. The molecule has 5 heteroatoms. The van der Waals surface area contributed by atoms with Crippen LogP contribution in [0.5, 0.6) is 0 Å². The van der Waals surface area contributed by atoms with Gasteiger partial charge in [0.05, 0.1) is 16.1 Å². The standard InChI is InChI=1S/C17H11ClFNO2/c1-9-6-10(17(21)22)7-14-12(4-5-20-16(9)14)13-3-2-11(19)8-15(13)18/h2-8H,1H3,(H,21,22). The smallest absolute Gasteiger partial charge is 0.335 e. The molecule has 2 aromatic carbocycles. The van der Waals surface area contributed by atoms with Crippen LogP contribution in [0.3, 0.4) is 0 Å². The number of halogens is 2. The molecule has 22 heavy (non-hydrogen) atoms. The monoisotopic (exact) mass is 315 g/mol. The molecule has 0 atom stereocenters. The van der Waals surface area contributed by atoms with E-state index in [2.05, 4.69) is 4.98 Å². The van der Waals surface area contributed by atoms with Crippen LogP contribution in [0.1, 0.15) is 15.9 Å². The number of carboxylic acids is 1. The molecule has 0 bridgehead atoms. The largest absolute Gasteiger partial charge is 0.478 e. The highest BCUT2D eigenvalue weighted by molar-refractivity contribution is 6.33. The van der Waals surface area contributed by atoms with Crippen LogP contribution in [-0.4, -0.2) is 16.1 Å². The average molecular weight is 316 g/mol. The highest BCUT2D eigenvalue weighted by atomic mass is 35.5. The number of hydrogen-bond donors (Lipinski definition) is 1. The molecule has 1 aromatic heterocycles. The Balaban J connectivity index is 2.36. The van der Waals surface area contributed by atoms with Crippen LogP contribution < -0.4 is 0 Å². The Labute approximate surface area is 131 Å². The summed E-state index contributed by atoms with van der Waals surface area (Å²) < 4.78 is 13.2. The quantitative estimate of drug-likeness (QED) is 0.745. The maximum Gasteiger partial charge on any atom is 0.335 e. The zero-order valence-corrected chi connectivity index (χ0v) is 12.4. The lowest BCUT2D eigenvalue weighted by molar-refractivity contribution is 0.0697. The van der Waals surface area contributed by atoms with Crippen molar-refractivity contribution in [2.75, 3.05) is 0 Å². The van der Waals surface area contributed by atoms with E-state index in [4.69, 9.17) is 11.6 Å². The van der Waals surface area contributed by atoms with Gasteiger partial charge in [-0.3, -0.25) is 4.98 Å². The number of carbonyl (C=O) groups is 1. The molecule has 0 saturated carbocycles. The molecule has 0 amide bonds. The van der Waals surface area contributed by atoms with Crippen LogP contribution >= 0.6 is 11.6 Å². The predicted molar refractivity (Wildman–Crippen MR) is 83.8 cm³/mol. The fourth-order valence-corrected chi connectivity index (χ4v) is 2.77. The van der Waals surface area contributed by atoms with E-state index < -0.39 is 11.8 Å². The van der Waals surface area contributed by atoms with Crippen LogP contribution in [0.15, 0.2) is 42.6 Å². The molecular formula is C17H11ClFNO2. The van der Waals surface area contributed by atoms with E-state index in [0.29, 0.717) is 16.5 Å². The lowest BCUT2D eigenvalue weighted by Gasteiger charge is -2.11. The number of fused-ring (bicyclic) bond motifs is 1. The minimum atomic E-state index is -1.01. The van der Waals surface area contributed by atoms with E-state index in [1.54, 1.807) is 37.4 Å². The lowest BCUT2D eigenvalue weighted by atomic mass is 9.97. The summed E-state index contributed by atoms with van der Waals surface area (Å²) in [5, 5.41) is 10.2. The molecule has 0 aliphatic carbocycles. The second kappa shape index (κ2) is 5.39. The van der Waals surface area contributed by atoms with Gasteiger partial charge < -0.3 is 5.11 Å². The van der Waals surface area contributed by atoms with Gasteiger partial charge in [0, 0.05) is 17.1 Å². The molecule has 1 heterocycles. The van der Waals surface area contributed by atoms with E-state index in [-0.39, 0.29) is 10.6 Å². The first-order chi connectivity index (χ1) is 10.5. The number of aryl methyl sites for hydroxylation is 1. The van der Waals surface area contributed by atoms with Crippen molar-refractivity contribution >= 4 is 28.5 Å². The number of pyridine rings is 1. The molecule has 3 rings (SSSR count). The van der Waals surface area contributed by atoms with Gasteiger partial charge in [-0.15, -0.1) is 0 Å². The third kappa shape index (κ3) is 2.42. The van der Waals surface area contributed by atoms with Gasteiger partial charge in [-0.05, 0) is 54.4 Å². The Hall–Kier alpha value is -2.46. The minimum Gasteiger partial charge on any atom is -0.478 e. The fraction of sp³-hybridized carbons (Fsp3) is 0.0588. The summed E-state index contributed by atoms with van der Waals surface area (Å²) in [6, 6.07) is 9.01. The van der Waals surface area contributed by atoms with E-state index in [0.717, 1.165) is 11.1 Å². The molecule has 0 saturated heterocycles. The first-order valence-electron chi connectivity index (χ1n) is 6.55. The molecule has 0 aliphatic rings. The summed E-state index contributed by atoms with van der Waals surface area (Å²) in [4.78, 5) is 15.6. The Morgan fingerprint density at radius 1 is 1.18 bits per heavy atom. The normalized spacial score (nSPS) is 10.9. The number of aromatic nitrogens is 1. The topological polar surface area (TPSA) is 50.2 Å². The summed E-state index contributed by atoms with van der Waals surface area (Å²) >= 11 is 6.13. The van der Waals surface area contributed by atoms with Crippen molar-refractivity contribution in [3.05, 3.63) is 64.6 Å². The number of nitrogens with zero attached hydrogens (tertiary/aromatic N) is 1. The molecule has 0 unspecified atom stereocenters. The lowest BCUT2D eigenvalue weighted by Crippen LogP contribution is -1.98. The number of rotatable bonds is 2. The number of carboxylic acid groups (broad SMARTS) is 1. The second-order valence-corrected chi connectivity index (χ2v) is 5.38. The molecule has 3 aromatic rings. The van der Waals surface area contributed by atoms with Gasteiger partial charge in [0.25, 0.3) is 0 Å². The molecular weight excluding hydrogens is 305 g/mol. The Morgan fingerprint density at radius 2 is 1.95 bits per heavy atom. The Kier molecular flexibility index (Phi) is 3.54. The minimum absolute atomic E-state index is 0.178. The van der Waals surface area contributed by atoms with Crippen LogP contribution in [0.25, 0.3) is 22.0 Å². The maximum absolute atomic E-state index is 13.2. The average Bonchev–Trinajstić information content (AvgIpc) is 2.47. The van der Waals surface area contributed by atoms with Crippen molar-refractivity contribution in [1.29, 1.82) is 0 Å². The number of aromatic carboxylic acids is 1. The molecule has 3 nitrogen and oxygen atoms in total. The first kappa shape index (κ1) is 14.5. The molecule has 1 N–H and O–H groups in total. The van der Waals surface area contributed by atoms with E-state index in [9.17, 15) is 14.3 Å². The van der Waals surface area contributed by atoms with Gasteiger partial charge in [-0.25, -0.2) is 9.18 Å². The fourth-order valence-electron chi connectivity index (χ4n) is 2.50. The third-order valence-corrected chi connectivity index (χ3v) is 3.82. The summed E-state index contributed by atoms with van der Waals surface area (Å²) in [7, 11) is 0. The van der Waals surface area contributed by atoms with Crippen molar-refractivity contribution < 1.29 is 14.3 Å². The van der Waals surface area contributed by atoms with E-state index >= 15 is 0 Å². The van der Waals surface area contributed by atoms with Crippen molar-refractivity contribution in [2.45, 2.75) is 6.92 Å². The maximum atomic E-state index is 13.2. The van der Waals surface area contributed by atoms with Crippen LogP contribution in [0.2, 0.25) is 5.02 Å². The SMILES string of the molecule is Cc1cc(C(=O)O)cc2c(-c3ccc(F)cc3Cl)ccnc12. The summed E-state index contributed by atoms with van der Waals surface area (Å²) in [6.45, 7) is 1.80. The van der Waals surface area contributed by atoms with Gasteiger partial charge >= 0.3 is 5.97 Å². The molecule has 110 valence electrons. The van der Waals surface area contributed by atoms with Gasteiger partial charge in [0.2, 0.25) is 0 Å². The Bertz CT molecular complexity index is 909. The van der Waals surface area contributed by atoms with Gasteiger partial charge in [-0.1, -0.05) is 11.6 Å². The zero-order valence-electron chi connectivity index (χ0n) is 11.6. The van der Waals surface area contributed by atoms with Gasteiger partial charge in [0.15, 0.2) is 0 Å². The van der Waals surface area contributed by atoms with Crippen molar-refractivity contribution in [1.82, 2.24) is 4.98 Å². The summed E-state index contributed by atoms with van der Waals surface area (Å²) in [6.07, 6.45) is 1.63. The zero-order chi connectivity index (χ0) is 15.9. The summed E-state index contributed by atoms with van der Waals surface area (Å²) in [5.74, 6) is -1.43. The molecule has 0 spiro atoms. The highest BCUT2D eigenvalue weighted by Gasteiger charge is 2.13. The van der Waals surface area contributed by atoms with Crippen molar-refractivity contribution in [3.8, 4) is 11.1 Å². The first-order valence-corrected chi connectivity index (χ1v) is 6.93. The van der Waals surface area contributed by atoms with Gasteiger partial charge in [-0.2, -0.15) is 0 Å². The van der Waals surface area contributed by atoms with Crippen molar-refractivity contribution in [2.24, 2.45) is 0 Å². The number of hydrogen-bond acceptors (Lipinski definition) is 2. The summed E-state index contributed by atoms with van der Waals surface area (Å²) in [5.41, 5.74) is 2.99. The van der Waals surface area contributed by atoms with Crippen LogP contribution in [0, 0.1) is 12.7 Å². The molecule has 0 fully saturated rings. The van der Waals surface area contributed by atoms with Crippen LogP contribution in [0.4, 0.5) is 4.39 Å². The molecule has 0 aliphatic heterocycles. The van der Waals surface area contributed by atoms with E-state index in [1.165, 1.54) is 12.1 Å². The van der Waals surface area contributed by atoms with E-state index in [1.807, 2.05) is 0 Å². The number of benzene rings is 2.